The maximum atomic E-state index is 13.1. The Hall–Kier alpha value is -0.170. The van der Waals surface area contributed by atoms with Gasteiger partial charge < -0.3 is 5.32 Å². The first-order chi connectivity index (χ1) is 10.1. The molecule has 2 atom stereocenters. The maximum Gasteiger partial charge on any atom is 0.282 e. The number of hydrogen-bond acceptors (Lipinski definition) is 3. The van der Waals surface area contributed by atoms with E-state index in [4.69, 9.17) is 0 Å². The first-order valence-corrected chi connectivity index (χ1v) is 10.0. The topological polar surface area (TPSA) is 52.7 Å². The van der Waals surface area contributed by atoms with Crippen molar-refractivity contribution in [1.82, 2.24) is 13.9 Å². The molecule has 3 aliphatic rings. The molecule has 3 rings (SSSR count). The predicted molar refractivity (Wildman–Crippen MR) is 84.3 cm³/mol. The molecule has 2 heterocycles. The summed E-state index contributed by atoms with van der Waals surface area (Å²) < 4.78 is 29.7. The fraction of sp³-hybridized carbons (Fsp3) is 1.00. The van der Waals surface area contributed by atoms with Gasteiger partial charge in [0.05, 0.1) is 0 Å². The highest BCUT2D eigenvalue weighted by Crippen LogP contribution is 2.29. The molecule has 0 aromatic rings. The van der Waals surface area contributed by atoms with Gasteiger partial charge in [-0.2, -0.15) is 17.0 Å². The van der Waals surface area contributed by atoms with Crippen molar-refractivity contribution in [3.63, 3.8) is 0 Å². The molecule has 1 saturated carbocycles. The summed E-state index contributed by atoms with van der Waals surface area (Å²) in [5.41, 5.74) is 0. The Balaban J connectivity index is 1.70. The molecule has 6 heteroatoms. The van der Waals surface area contributed by atoms with Crippen molar-refractivity contribution >= 4 is 10.2 Å². The average molecular weight is 315 g/mol. The van der Waals surface area contributed by atoms with E-state index in [0.29, 0.717) is 19.1 Å². The van der Waals surface area contributed by atoms with Crippen LogP contribution in [0.1, 0.15) is 58.3 Å². The van der Waals surface area contributed by atoms with Crippen LogP contribution >= 0.6 is 0 Å². The van der Waals surface area contributed by atoms with E-state index in [-0.39, 0.29) is 12.1 Å². The molecule has 0 aromatic carbocycles. The molecule has 122 valence electrons. The fourth-order valence-electron chi connectivity index (χ4n) is 3.73. The maximum absolute atomic E-state index is 13.1. The van der Waals surface area contributed by atoms with Gasteiger partial charge >= 0.3 is 0 Å². The van der Waals surface area contributed by atoms with Crippen molar-refractivity contribution in [2.45, 2.75) is 76.4 Å². The second kappa shape index (κ2) is 6.52. The molecule has 1 N–H and O–H groups in total. The lowest BCUT2D eigenvalue weighted by atomic mass is 10.1. The average Bonchev–Trinajstić information content (AvgIpc) is 3.19. The molecule has 0 amide bonds. The lowest BCUT2D eigenvalue weighted by Gasteiger charge is -2.38. The highest BCUT2D eigenvalue weighted by Gasteiger charge is 2.41. The minimum absolute atomic E-state index is 0.155. The molecule has 1 aliphatic carbocycles. The van der Waals surface area contributed by atoms with Crippen LogP contribution in [-0.2, 0) is 10.2 Å². The summed E-state index contributed by atoms with van der Waals surface area (Å²) in [6, 6.07) is 1.02. The fourth-order valence-corrected chi connectivity index (χ4v) is 5.90. The molecule has 0 spiro atoms. The summed E-state index contributed by atoms with van der Waals surface area (Å²) in [5, 5.41) is 3.52. The summed E-state index contributed by atoms with van der Waals surface area (Å²) in [6.45, 7) is 4.34. The summed E-state index contributed by atoms with van der Waals surface area (Å²) in [4.78, 5) is 0. The summed E-state index contributed by atoms with van der Waals surface area (Å²) in [5.74, 6) is 0. The number of hydrogen-bond donors (Lipinski definition) is 1. The zero-order valence-corrected chi connectivity index (χ0v) is 13.9. The Kier molecular flexibility index (Phi) is 4.88. The van der Waals surface area contributed by atoms with Gasteiger partial charge in [0, 0.05) is 37.8 Å². The van der Waals surface area contributed by atoms with Gasteiger partial charge in [-0.15, -0.1) is 0 Å². The molecule has 2 unspecified atom stereocenters. The second-order valence-electron chi connectivity index (χ2n) is 6.77. The van der Waals surface area contributed by atoms with E-state index in [1.807, 2.05) is 0 Å². The number of piperidine rings is 1. The van der Waals surface area contributed by atoms with Gasteiger partial charge in [0.2, 0.25) is 0 Å². The highest BCUT2D eigenvalue weighted by molar-refractivity contribution is 7.86. The standard InChI is InChI=1S/C15H29N3O2S/c1-2-14-7-5-11-17(14)21(19,20)18-10-4-3-6-15(18)12-16-13-8-9-13/h13-16H,2-12H2,1H3. The third-order valence-electron chi connectivity index (χ3n) is 5.18. The summed E-state index contributed by atoms with van der Waals surface area (Å²) in [6.07, 6.45) is 8.63. The van der Waals surface area contributed by atoms with Crippen LogP contribution in [0.15, 0.2) is 0 Å². The molecule has 5 nitrogen and oxygen atoms in total. The van der Waals surface area contributed by atoms with Gasteiger partial charge in [-0.3, -0.25) is 0 Å². The van der Waals surface area contributed by atoms with Crippen LogP contribution in [0.5, 0.6) is 0 Å². The Morgan fingerprint density at radius 1 is 0.952 bits per heavy atom. The van der Waals surface area contributed by atoms with Crippen molar-refractivity contribution in [1.29, 1.82) is 0 Å². The summed E-state index contributed by atoms with van der Waals surface area (Å²) >= 11 is 0. The Morgan fingerprint density at radius 3 is 2.33 bits per heavy atom. The van der Waals surface area contributed by atoms with E-state index in [9.17, 15) is 8.42 Å². The van der Waals surface area contributed by atoms with Crippen LogP contribution in [0.4, 0.5) is 0 Å². The van der Waals surface area contributed by atoms with Crippen LogP contribution < -0.4 is 5.32 Å². The Morgan fingerprint density at radius 2 is 1.62 bits per heavy atom. The molecule has 0 bridgehead atoms. The van der Waals surface area contributed by atoms with Gasteiger partial charge in [0.1, 0.15) is 0 Å². The monoisotopic (exact) mass is 315 g/mol. The molecular formula is C15H29N3O2S. The first-order valence-electron chi connectivity index (χ1n) is 8.65. The molecule has 21 heavy (non-hydrogen) atoms. The predicted octanol–water partition coefficient (Wildman–Crippen LogP) is 1.71. The SMILES string of the molecule is CCC1CCCN1S(=O)(=O)N1CCCCC1CNC1CC1. The number of nitrogens with one attached hydrogen (secondary N) is 1. The number of nitrogens with zero attached hydrogens (tertiary/aromatic N) is 2. The minimum Gasteiger partial charge on any atom is -0.312 e. The molecule has 0 radical (unpaired) electrons. The zero-order valence-electron chi connectivity index (χ0n) is 13.1. The largest absolute Gasteiger partial charge is 0.312 e. The van der Waals surface area contributed by atoms with Crippen molar-refractivity contribution in [3.05, 3.63) is 0 Å². The lowest BCUT2D eigenvalue weighted by molar-refractivity contribution is 0.222. The van der Waals surface area contributed by atoms with Gasteiger partial charge in [-0.1, -0.05) is 13.3 Å². The second-order valence-corrected chi connectivity index (χ2v) is 8.60. The van der Waals surface area contributed by atoms with Gasteiger partial charge in [-0.25, -0.2) is 0 Å². The van der Waals surface area contributed by atoms with E-state index in [2.05, 4.69) is 12.2 Å². The zero-order chi connectivity index (χ0) is 14.9. The van der Waals surface area contributed by atoms with Crippen LogP contribution in [0.25, 0.3) is 0 Å². The van der Waals surface area contributed by atoms with Crippen LogP contribution in [0.2, 0.25) is 0 Å². The molecule has 3 fully saturated rings. The van der Waals surface area contributed by atoms with Crippen LogP contribution in [0, 0.1) is 0 Å². The van der Waals surface area contributed by atoms with Crippen molar-refractivity contribution in [2.24, 2.45) is 0 Å². The van der Waals surface area contributed by atoms with Crippen molar-refractivity contribution in [2.75, 3.05) is 19.6 Å². The van der Waals surface area contributed by atoms with E-state index in [1.165, 1.54) is 12.8 Å². The summed E-state index contributed by atoms with van der Waals surface area (Å²) in [7, 11) is -3.27. The van der Waals surface area contributed by atoms with Gasteiger partial charge in [-0.05, 0) is 44.9 Å². The van der Waals surface area contributed by atoms with Crippen LogP contribution in [0.3, 0.4) is 0 Å². The minimum atomic E-state index is -3.27. The van der Waals surface area contributed by atoms with E-state index in [0.717, 1.165) is 45.1 Å². The van der Waals surface area contributed by atoms with E-state index >= 15 is 0 Å². The van der Waals surface area contributed by atoms with Gasteiger partial charge in [0.25, 0.3) is 10.2 Å². The van der Waals surface area contributed by atoms with Gasteiger partial charge in [0.15, 0.2) is 0 Å². The lowest BCUT2D eigenvalue weighted by Crippen LogP contribution is -2.54. The van der Waals surface area contributed by atoms with E-state index in [1.54, 1.807) is 8.61 Å². The third-order valence-corrected chi connectivity index (χ3v) is 7.33. The van der Waals surface area contributed by atoms with Crippen molar-refractivity contribution < 1.29 is 8.42 Å². The Bertz CT molecular complexity index is 450. The molecular weight excluding hydrogens is 286 g/mol. The van der Waals surface area contributed by atoms with Crippen molar-refractivity contribution in [3.8, 4) is 0 Å². The smallest absolute Gasteiger partial charge is 0.282 e. The third kappa shape index (κ3) is 3.44. The quantitative estimate of drug-likeness (QED) is 0.812. The van der Waals surface area contributed by atoms with Crippen LogP contribution in [-0.4, -0.2) is 54.8 Å². The molecule has 2 saturated heterocycles. The highest BCUT2D eigenvalue weighted by atomic mass is 32.2. The normalized spacial score (nSPS) is 32.6. The number of rotatable bonds is 6. The molecule has 0 aromatic heterocycles. The Labute approximate surface area is 129 Å². The molecule has 2 aliphatic heterocycles. The van der Waals surface area contributed by atoms with E-state index < -0.39 is 10.2 Å². The first kappa shape index (κ1) is 15.7.